The monoisotopic (exact) mass is 314 g/mol. The second kappa shape index (κ2) is 5.58. The molecule has 1 aromatic carbocycles. The molecule has 1 aliphatic rings. The van der Waals surface area contributed by atoms with Crippen LogP contribution < -0.4 is 5.73 Å². The number of nitrogens with zero attached hydrogens (tertiary/aromatic N) is 1. The van der Waals surface area contributed by atoms with E-state index in [9.17, 15) is 8.42 Å². The summed E-state index contributed by atoms with van der Waals surface area (Å²) >= 11 is 1.80. The first-order chi connectivity index (χ1) is 9.26. The van der Waals surface area contributed by atoms with Crippen LogP contribution in [0.1, 0.15) is 23.6 Å². The summed E-state index contributed by atoms with van der Waals surface area (Å²) in [5.41, 5.74) is 8.99. The molecule has 1 unspecified atom stereocenters. The first kappa shape index (κ1) is 15.7. The minimum atomic E-state index is -3.47. The van der Waals surface area contributed by atoms with Gasteiger partial charge in [-0.2, -0.15) is 16.1 Å². The summed E-state index contributed by atoms with van der Waals surface area (Å²) in [6.45, 7) is 8.08. The molecule has 0 spiro atoms. The number of hydrogen-bond donors (Lipinski definition) is 1. The van der Waals surface area contributed by atoms with Gasteiger partial charge in [0, 0.05) is 29.8 Å². The number of aryl methyl sites for hydroxylation is 2. The topological polar surface area (TPSA) is 63.4 Å². The Morgan fingerprint density at radius 2 is 1.95 bits per heavy atom. The summed E-state index contributed by atoms with van der Waals surface area (Å²) in [6.07, 6.45) is 0. The van der Waals surface area contributed by atoms with Crippen molar-refractivity contribution in [3.05, 3.63) is 22.8 Å². The Kier molecular flexibility index (Phi) is 4.37. The predicted molar refractivity (Wildman–Crippen MR) is 85.7 cm³/mol. The van der Waals surface area contributed by atoms with E-state index in [4.69, 9.17) is 5.73 Å². The van der Waals surface area contributed by atoms with Crippen LogP contribution in [-0.2, 0) is 10.0 Å². The Bertz CT molecular complexity index is 627. The number of sulfonamides is 1. The molecule has 0 radical (unpaired) electrons. The van der Waals surface area contributed by atoms with Gasteiger partial charge in [-0.3, -0.25) is 0 Å². The Morgan fingerprint density at radius 1 is 1.30 bits per heavy atom. The molecule has 0 saturated carbocycles. The summed E-state index contributed by atoms with van der Waals surface area (Å²) in [4.78, 5) is 0.388. The first-order valence-electron chi connectivity index (χ1n) is 6.72. The fourth-order valence-corrected chi connectivity index (χ4v) is 6.07. The molecule has 2 N–H and O–H groups in total. The lowest BCUT2D eigenvalue weighted by atomic mass is 10.1. The molecule has 1 saturated heterocycles. The van der Waals surface area contributed by atoms with E-state index < -0.39 is 10.0 Å². The molecule has 0 aromatic heterocycles. The highest BCUT2D eigenvalue weighted by molar-refractivity contribution is 7.99. The number of anilines is 1. The number of nitrogens with two attached hydrogens (primary N) is 1. The summed E-state index contributed by atoms with van der Waals surface area (Å²) in [5, 5.41) is 0. The Hall–Kier alpha value is -0.720. The standard InChI is InChI=1S/C14H22N2O2S2/c1-9-7-10(2)14(12(4)13(9)15)20(17,18)16-5-6-19-8-11(16)3/h7,11H,5-6,8,15H2,1-4H3. The van der Waals surface area contributed by atoms with Crippen LogP contribution in [0.5, 0.6) is 0 Å². The molecule has 20 heavy (non-hydrogen) atoms. The number of rotatable bonds is 2. The molecule has 6 heteroatoms. The van der Waals surface area contributed by atoms with E-state index in [2.05, 4.69) is 0 Å². The van der Waals surface area contributed by atoms with E-state index in [0.717, 1.165) is 22.6 Å². The fourth-order valence-electron chi connectivity index (χ4n) is 2.77. The highest BCUT2D eigenvalue weighted by atomic mass is 32.2. The van der Waals surface area contributed by atoms with Gasteiger partial charge in [-0.05, 0) is 44.4 Å². The van der Waals surface area contributed by atoms with Gasteiger partial charge in [-0.15, -0.1) is 0 Å². The van der Waals surface area contributed by atoms with Gasteiger partial charge in [0.05, 0.1) is 4.90 Å². The van der Waals surface area contributed by atoms with Crippen molar-refractivity contribution >= 4 is 27.5 Å². The summed E-state index contributed by atoms with van der Waals surface area (Å²) in [5.74, 6) is 1.70. The van der Waals surface area contributed by atoms with Crippen molar-refractivity contribution < 1.29 is 8.42 Å². The largest absolute Gasteiger partial charge is 0.398 e. The Morgan fingerprint density at radius 3 is 2.55 bits per heavy atom. The molecule has 112 valence electrons. The van der Waals surface area contributed by atoms with Gasteiger partial charge in [0.15, 0.2) is 0 Å². The SMILES string of the molecule is Cc1cc(C)c(S(=O)(=O)N2CCSCC2C)c(C)c1N. The molecule has 0 amide bonds. The highest BCUT2D eigenvalue weighted by Crippen LogP contribution is 2.32. The van der Waals surface area contributed by atoms with Crippen LogP contribution in [0.3, 0.4) is 0 Å². The lowest BCUT2D eigenvalue weighted by Gasteiger charge is -2.33. The maximum atomic E-state index is 13.0. The molecule has 1 heterocycles. The lowest BCUT2D eigenvalue weighted by Crippen LogP contribution is -2.44. The maximum Gasteiger partial charge on any atom is 0.243 e. The second-order valence-electron chi connectivity index (χ2n) is 5.42. The molecular weight excluding hydrogens is 292 g/mol. The molecule has 0 bridgehead atoms. The van der Waals surface area contributed by atoms with Crippen molar-refractivity contribution in [2.75, 3.05) is 23.8 Å². The van der Waals surface area contributed by atoms with Crippen LogP contribution >= 0.6 is 11.8 Å². The first-order valence-corrected chi connectivity index (χ1v) is 9.32. The van der Waals surface area contributed by atoms with Gasteiger partial charge in [0.1, 0.15) is 0 Å². The highest BCUT2D eigenvalue weighted by Gasteiger charge is 2.33. The van der Waals surface area contributed by atoms with Crippen LogP contribution in [0, 0.1) is 20.8 Å². The molecule has 1 fully saturated rings. The third-order valence-corrected chi connectivity index (χ3v) is 7.33. The van der Waals surface area contributed by atoms with Crippen molar-refractivity contribution in [1.82, 2.24) is 4.31 Å². The summed E-state index contributed by atoms with van der Waals surface area (Å²) in [7, 11) is -3.47. The Labute approximate surface area is 125 Å². The Balaban J connectivity index is 2.58. The van der Waals surface area contributed by atoms with Gasteiger partial charge in [-0.25, -0.2) is 8.42 Å². The van der Waals surface area contributed by atoms with Gasteiger partial charge in [0.25, 0.3) is 0 Å². The van der Waals surface area contributed by atoms with Crippen molar-refractivity contribution in [2.24, 2.45) is 0 Å². The zero-order valence-corrected chi connectivity index (χ0v) is 14.1. The van der Waals surface area contributed by atoms with Crippen molar-refractivity contribution in [2.45, 2.75) is 38.6 Å². The van der Waals surface area contributed by atoms with E-state index in [1.54, 1.807) is 23.0 Å². The van der Waals surface area contributed by atoms with Gasteiger partial charge in [-0.1, -0.05) is 6.07 Å². The molecule has 1 atom stereocenters. The molecule has 1 aliphatic heterocycles. The quantitative estimate of drug-likeness (QED) is 0.851. The maximum absolute atomic E-state index is 13.0. The number of thioether (sulfide) groups is 1. The third kappa shape index (κ3) is 2.56. The van der Waals surface area contributed by atoms with E-state index in [0.29, 0.717) is 22.7 Å². The van der Waals surface area contributed by atoms with Crippen LogP contribution in [0.4, 0.5) is 5.69 Å². The van der Waals surface area contributed by atoms with Crippen molar-refractivity contribution in [1.29, 1.82) is 0 Å². The van der Waals surface area contributed by atoms with Crippen LogP contribution in [-0.4, -0.2) is 36.8 Å². The van der Waals surface area contributed by atoms with Gasteiger partial charge >= 0.3 is 0 Å². The van der Waals surface area contributed by atoms with Crippen LogP contribution in [0.2, 0.25) is 0 Å². The predicted octanol–water partition coefficient (Wildman–Crippen LogP) is 2.32. The average Bonchev–Trinajstić information content (AvgIpc) is 2.36. The van der Waals surface area contributed by atoms with E-state index in [-0.39, 0.29) is 6.04 Å². The van der Waals surface area contributed by atoms with Crippen molar-refractivity contribution in [3.63, 3.8) is 0 Å². The average molecular weight is 314 g/mol. The number of hydrogen-bond acceptors (Lipinski definition) is 4. The van der Waals surface area contributed by atoms with E-state index >= 15 is 0 Å². The molecule has 2 rings (SSSR count). The third-order valence-electron chi connectivity index (χ3n) is 3.83. The van der Waals surface area contributed by atoms with Crippen LogP contribution in [0.15, 0.2) is 11.0 Å². The minimum absolute atomic E-state index is 0.0278. The summed E-state index contributed by atoms with van der Waals surface area (Å²) < 4.78 is 27.5. The van der Waals surface area contributed by atoms with Gasteiger partial charge < -0.3 is 5.73 Å². The number of benzene rings is 1. The smallest absolute Gasteiger partial charge is 0.243 e. The molecular formula is C14H22N2O2S2. The van der Waals surface area contributed by atoms with Gasteiger partial charge in [0.2, 0.25) is 10.0 Å². The van der Waals surface area contributed by atoms with Crippen LogP contribution in [0.25, 0.3) is 0 Å². The minimum Gasteiger partial charge on any atom is -0.398 e. The van der Waals surface area contributed by atoms with Crippen molar-refractivity contribution in [3.8, 4) is 0 Å². The molecule has 4 nitrogen and oxygen atoms in total. The molecule has 1 aromatic rings. The molecule has 0 aliphatic carbocycles. The lowest BCUT2D eigenvalue weighted by molar-refractivity contribution is 0.367. The fraction of sp³-hybridized carbons (Fsp3) is 0.571. The van der Waals surface area contributed by atoms with E-state index in [1.807, 2.05) is 26.8 Å². The number of nitrogen functional groups attached to an aromatic ring is 1. The normalized spacial score (nSPS) is 21.1. The zero-order valence-electron chi connectivity index (χ0n) is 12.4. The zero-order chi connectivity index (χ0) is 15.1. The summed E-state index contributed by atoms with van der Waals surface area (Å²) in [6, 6.07) is 1.89. The van der Waals surface area contributed by atoms with E-state index in [1.165, 1.54) is 0 Å². The second-order valence-corrected chi connectivity index (χ2v) is 8.40.